The van der Waals surface area contributed by atoms with Crippen LogP contribution in [0.3, 0.4) is 0 Å². The van der Waals surface area contributed by atoms with Crippen molar-refractivity contribution in [3.05, 3.63) is 0 Å². The number of hydrogen-bond acceptors (Lipinski definition) is 3. The molecule has 15 heavy (non-hydrogen) atoms. The molecule has 1 aliphatic heterocycles. The largest absolute Gasteiger partial charge is 0.327 e. The van der Waals surface area contributed by atoms with Crippen molar-refractivity contribution in [3.63, 3.8) is 0 Å². The molecule has 1 saturated heterocycles. The summed E-state index contributed by atoms with van der Waals surface area (Å²) in [4.78, 5) is 0. The third kappa shape index (κ3) is 4.51. The minimum Gasteiger partial charge on any atom is -0.327 e. The third-order valence-electron chi connectivity index (χ3n) is 3.10. The molecule has 0 amide bonds. The van der Waals surface area contributed by atoms with Gasteiger partial charge in [0.2, 0.25) is 0 Å². The number of rotatable bonds is 3. The zero-order valence-electron chi connectivity index (χ0n) is 9.99. The third-order valence-corrected chi connectivity index (χ3v) is 4.89. The van der Waals surface area contributed by atoms with Crippen LogP contribution in [0.2, 0.25) is 0 Å². The molecule has 2 N–H and O–H groups in total. The van der Waals surface area contributed by atoms with Crippen molar-refractivity contribution in [2.75, 3.05) is 11.5 Å². The lowest BCUT2D eigenvalue weighted by Gasteiger charge is -2.23. The van der Waals surface area contributed by atoms with Gasteiger partial charge in [-0.15, -0.1) is 0 Å². The maximum absolute atomic E-state index is 11.3. The molecular weight excluding hydrogens is 210 g/mol. The van der Waals surface area contributed by atoms with Crippen molar-refractivity contribution in [3.8, 4) is 0 Å². The Morgan fingerprint density at radius 2 is 2.00 bits per heavy atom. The van der Waals surface area contributed by atoms with Gasteiger partial charge in [0.1, 0.15) is 0 Å². The fraction of sp³-hybridized carbons (Fsp3) is 1.00. The summed E-state index contributed by atoms with van der Waals surface area (Å²) in [5.41, 5.74) is 6.33. The van der Waals surface area contributed by atoms with Gasteiger partial charge in [0, 0.05) is 6.04 Å². The van der Waals surface area contributed by atoms with Crippen LogP contribution >= 0.6 is 0 Å². The van der Waals surface area contributed by atoms with Crippen molar-refractivity contribution < 1.29 is 8.42 Å². The first-order valence-electron chi connectivity index (χ1n) is 5.66. The Balaban J connectivity index is 2.39. The van der Waals surface area contributed by atoms with E-state index < -0.39 is 9.84 Å². The van der Waals surface area contributed by atoms with E-state index in [9.17, 15) is 8.42 Å². The molecule has 2 unspecified atom stereocenters. The van der Waals surface area contributed by atoms with E-state index in [2.05, 4.69) is 20.8 Å². The maximum atomic E-state index is 11.3. The Morgan fingerprint density at radius 3 is 2.40 bits per heavy atom. The first kappa shape index (κ1) is 13.0. The van der Waals surface area contributed by atoms with Gasteiger partial charge in [0.15, 0.2) is 9.84 Å². The highest BCUT2D eigenvalue weighted by molar-refractivity contribution is 7.91. The highest BCUT2D eigenvalue weighted by atomic mass is 32.2. The Bertz CT molecular complexity index is 303. The van der Waals surface area contributed by atoms with Crippen LogP contribution in [0.15, 0.2) is 0 Å². The first-order valence-corrected chi connectivity index (χ1v) is 7.48. The lowest BCUT2D eigenvalue weighted by Crippen LogP contribution is -2.32. The fourth-order valence-electron chi connectivity index (χ4n) is 2.00. The van der Waals surface area contributed by atoms with E-state index in [-0.39, 0.29) is 17.4 Å². The van der Waals surface area contributed by atoms with E-state index in [1.165, 1.54) is 0 Å². The van der Waals surface area contributed by atoms with E-state index in [1.807, 2.05) is 0 Å². The fourth-order valence-corrected chi connectivity index (χ4v) is 3.89. The molecule has 1 aliphatic rings. The Hall–Kier alpha value is -0.0900. The Labute approximate surface area is 93.3 Å². The maximum Gasteiger partial charge on any atom is 0.150 e. The van der Waals surface area contributed by atoms with Gasteiger partial charge < -0.3 is 5.73 Å². The van der Waals surface area contributed by atoms with Crippen molar-refractivity contribution >= 4 is 9.84 Å². The standard InChI is InChI=1S/C11H23NO2S/c1-11(2,3)6-4-10(12)9-5-7-15(13,14)8-9/h9-10H,4-8,12H2,1-3H3. The Kier molecular flexibility index (Phi) is 3.82. The predicted octanol–water partition coefficient (Wildman–Crippen LogP) is 1.57. The molecule has 1 heterocycles. The van der Waals surface area contributed by atoms with Gasteiger partial charge in [0.25, 0.3) is 0 Å². The predicted molar refractivity (Wildman–Crippen MR) is 63.4 cm³/mol. The van der Waals surface area contributed by atoms with Crippen molar-refractivity contribution in [2.45, 2.75) is 46.1 Å². The Morgan fingerprint density at radius 1 is 1.40 bits per heavy atom. The van der Waals surface area contributed by atoms with E-state index in [0.717, 1.165) is 19.3 Å². The molecule has 0 spiro atoms. The normalized spacial score (nSPS) is 27.9. The van der Waals surface area contributed by atoms with Crippen molar-refractivity contribution in [2.24, 2.45) is 17.1 Å². The molecule has 0 aromatic carbocycles. The lowest BCUT2D eigenvalue weighted by atomic mass is 9.85. The second-order valence-electron chi connectivity index (χ2n) is 5.93. The van der Waals surface area contributed by atoms with Crippen LogP contribution in [0.25, 0.3) is 0 Å². The van der Waals surface area contributed by atoms with E-state index in [0.29, 0.717) is 11.5 Å². The van der Waals surface area contributed by atoms with Crippen molar-refractivity contribution in [1.29, 1.82) is 0 Å². The van der Waals surface area contributed by atoms with Crippen molar-refractivity contribution in [1.82, 2.24) is 0 Å². The van der Waals surface area contributed by atoms with Crippen LogP contribution in [0.1, 0.15) is 40.0 Å². The molecule has 90 valence electrons. The lowest BCUT2D eigenvalue weighted by molar-refractivity contribution is 0.320. The van der Waals surface area contributed by atoms with Gasteiger partial charge in [-0.1, -0.05) is 20.8 Å². The van der Waals surface area contributed by atoms with Crippen LogP contribution in [0.4, 0.5) is 0 Å². The second-order valence-corrected chi connectivity index (χ2v) is 8.16. The molecule has 0 radical (unpaired) electrons. The zero-order valence-corrected chi connectivity index (χ0v) is 10.8. The quantitative estimate of drug-likeness (QED) is 0.805. The van der Waals surface area contributed by atoms with Crippen LogP contribution in [-0.2, 0) is 9.84 Å². The molecule has 3 nitrogen and oxygen atoms in total. The van der Waals surface area contributed by atoms with Crippen LogP contribution in [-0.4, -0.2) is 26.0 Å². The monoisotopic (exact) mass is 233 g/mol. The topological polar surface area (TPSA) is 60.2 Å². The second kappa shape index (κ2) is 4.42. The first-order chi connectivity index (χ1) is 6.70. The number of nitrogens with two attached hydrogens (primary N) is 1. The van der Waals surface area contributed by atoms with Gasteiger partial charge in [-0.05, 0) is 30.6 Å². The van der Waals surface area contributed by atoms with Gasteiger partial charge >= 0.3 is 0 Å². The molecule has 0 aliphatic carbocycles. The summed E-state index contributed by atoms with van der Waals surface area (Å²) in [6.07, 6.45) is 2.75. The summed E-state index contributed by atoms with van der Waals surface area (Å²) < 4.78 is 22.6. The summed E-state index contributed by atoms with van der Waals surface area (Å²) in [5, 5.41) is 0. The van der Waals surface area contributed by atoms with Gasteiger partial charge in [-0.3, -0.25) is 0 Å². The average Bonchev–Trinajstić information content (AvgIpc) is 2.40. The SMILES string of the molecule is CC(C)(C)CCC(N)C1CCS(=O)(=O)C1. The number of hydrogen-bond donors (Lipinski definition) is 1. The van der Waals surface area contributed by atoms with E-state index in [1.54, 1.807) is 0 Å². The van der Waals surface area contributed by atoms with Crippen LogP contribution in [0, 0.1) is 11.3 Å². The van der Waals surface area contributed by atoms with Gasteiger partial charge in [-0.25, -0.2) is 8.42 Å². The minimum absolute atomic E-state index is 0.0569. The highest BCUT2D eigenvalue weighted by Gasteiger charge is 2.32. The van der Waals surface area contributed by atoms with Crippen LogP contribution in [0.5, 0.6) is 0 Å². The van der Waals surface area contributed by atoms with E-state index in [4.69, 9.17) is 5.73 Å². The highest BCUT2D eigenvalue weighted by Crippen LogP contribution is 2.27. The summed E-state index contributed by atoms with van der Waals surface area (Å²) in [6, 6.07) is 0.0569. The molecule has 4 heteroatoms. The van der Waals surface area contributed by atoms with Gasteiger partial charge in [-0.2, -0.15) is 0 Å². The molecule has 1 fully saturated rings. The number of sulfone groups is 1. The molecule has 0 bridgehead atoms. The summed E-state index contributed by atoms with van der Waals surface area (Å²) in [7, 11) is -2.77. The minimum atomic E-state index is -2.77. The smallest absolute Gasteiger partial charge is 0.150 e. The molecule has 2 atom stereocenters. The summed E-state index contributed by atoms with van der Waals surface area (Å²) in [6.45, 7) is 6.56. The molecule has 1 rings (SSSR count). The van der Waals surface area contributed by atoms with Crippen LogP contribution < -0.4 is 5.73 Å². The van der Waals surface area contributed by atoms with E-state index >= 15 is 0 Å². The average molecular weight is 233 g/mol. The summed E-state index contributed by atoms with van der Waals surface area (Å²) >= 11 is 0. The molecule has 0 aromatic heterocycles. The molecule has 0 saturated carbocycles. The zero-order chi connectivity index (χ0) is 11.7. The van der Waals surface area contributed by atoms with Gasteiger partial charge in [0.05, 0.1) is 11.5 Å². The summed E-state index contributed by atoms with van der Waals surface area (Å²) in [5.74, 6) is 0.830. The molecule has 0 aromatic rings. The molecular formula is C11H23NO2S.